The second-order valence-corrected chi connectivity index (χ2v) is 19.0. The predicted octanol–water partition coefficient (Wildman–Crippen LogP) is 19.5. The van der Waals surface area contributed by atoms with E-state index < -0.39 is 0 Å². The van der Waals surface area contributed by atoms with Gasteiger partial charge in [-0.3, -0.25) is 0 Å². The Kier molecular flexibility index (Phi) is 11.9. The van der Waals surface area contributed by atoms with Gasteiger partial charge in [0.2, 0.25) is 0 Å². The number of nitrogens with zero attached hydrogens (tertiary/aromatic N) is 4. The largest absolute Gasteiger partial charge is 0.311 e. The lowest BCUT2D eigenvalue weighted by Gasteiger charge is -2.29. The molecule has 1 aliphatic rings. The van der Waals surface area contributed by atoms with Crippen molar-refractivity contribution in [2.45, 2.75) is 19.3 Å². The highest BCUT2D eigenvalue weighted by Crippen LogP contribution is 2.51. The van der Waals surface area contributed by atoms with Crippen molar-refractivity contribution in [2.75, 3.05) is 19.6 Å². The van der Waals surface area contributed by atoms with Gasteiger partial charge in [0.05, 0.1) is 0 Å². The highest BCUT2D eigenvalue weighted by atomic mass is 15.2. The molecule has 0 saturated carbocycles. The Morgan fingerprint density at radius 2 is 0.438 bits per heavy atom. The molecule has 350 valence electrons. The van der Waals surface area contributed by atoms with E-state index in [0.717, 1.165) is 79.4 Å². The number of hydrogen-bond acceptors (Lipinski definition) is 4. The Bertz CT molecular complexity index is 3520. The van der Waals surface area contributed by atoms with Gasteiger partial charge in [0.1, 0.15) is 0 Å². The topological polar surface area (TPSA) is 13.0 Å². The first-order valence-electron chi connectivity index (χ1n) is 25.1. The predicted molar refractivity (Wildman–Crippen MR) is 308 cm³/mol. The second-order valence-electron chi connectivity index (χ2n) is 19.0. The molecule has 4 heteroatoms. The van der Waals surface area contributed by atoms with E-state index in [4.69, 9.17) is 0 Å². The summed E-state index contributed by atoms with van der Waals surface area (Å²) in [7, 11) is 0. The standard InChI is InChI=1S/C69H54N4/c1-69(2)67-31-19-18-30-65(67)66-49-48-64(50-68(66)69)73(63-46-44-61(45-47-63)71(55-24-12-5-13-25-55)56-26-14-6-15-27-56)59-38-34-52(35-39-59)51-32-36-58(37-33-51)72(57-28-16-7-17-29-57)62-42-40-60(41-43-62)70(53-20-8-3-9-21-53)54-22-10-4-11-23-54/h3-50H,1-2H3. The van der Waals surface area contributed by atoms with Gasteiger partial charge in [0.25, 0.3) is 0 Å². The molecule has 73 heavy (non-hydrogen) atoms. The van der Waals surface area contributed by atoms with E-state index in [9.17, 15) is 0 Å². The molecule has 0 heterocycles. The van der Waals surface area contributed by atoms with Crippen LogP contribution in [0.3, 0.4) is 0 Å². The summed E-state index contributed by atoms with van der Waals surface area (Å²) >= 11 is 0. The minimum Gasteiger partial charge on any atom is -0.311 e. The Labute approximate surface area is 429 Å². The first kappa shape index (κ1) is 44.8. The first-order valence-corrected chi connectivity index (χ1v) is 25.1. The minimum absolute atomic E-state index is 0.134. The summed E-state index contributed by atoms with van der Waals surface area (Å²) in [6.45, 7) is 4.70. The molecule has 0 unspecified atom stereocenters. The van der Waals surface area contributed by atoms with Crippen molar-refractivity contribution in [1.29, 1.82) is 0 Å². The fourth-order valence-electron chi connectivity index (χ4n) is 10.6. The van der Waals surface area contributed by atoms with E-state index >= 15 is 0 Å². The van der Waals surface area contributed by atoms with Crippen LogP contribution in [-0.4, -0.2) is 0 Å². The SMILES string of the molecule is CC1(C)c2ccccc2-c2ccc(N(c3ccc(-c4ccc(N(c5ccccc5)c5ccc(N(c6ccccc6)c6ccccc6)cc5)cc4)cc3)c3ccc(N(c4ccccc4)c4ccccc4)cc3)cc21. The van der Waals surface area contributed by atoms with Crippen LogP contribution in [0.2, 0.25) is 0 Å². The fraction of sp³-hybridized carbons (Fsp3) is 0.0435. The molecule has 0 fully saturated rings. The summed E-state index contributed by atoms with van der Waals surface area (Å²) in [6.07, 6.45) is 0. The lowest BCUT2D eigenvalue weighted by Crippen LogP contribution is -2.16. The quantitative estimate of drug-likeness (QED) is 0.114. The van der Waals surface area contributed by atoms with Crippen LogP contribution in [-0.2, 0) is 5.41 Å². The van der Waals surface area contributed by atoms with Crippen LogP contribution >= 0.6 is 0 Å². The van der Waals surface area contributed by atoms with Crippen molar-refractivity contribution < 1.29 is 0 Å². The maximum absolute atomic E-state index is 2.41. The zero-order valence-corrected chi connectivity index (χ0v) is 41.0. The van der Waals surface area contributed by atoms with E-state index in [1.165, 1.54) is 22.3 Å². The molecule has 0 aromatic heterocycles. The zero-order valence-electron chi connectivity index (χ0n) is 41.0. The summed E-state index contributed by atoms with van der Waals surface area (Å²) in [4.78, 5) is 9.33. The van der Waals surface area contributed by atoms with Crippen LogP contribution in [0.5, 0.6) is 0 Å². The third-order valence-electron chi connectivity index (χ3n) is 14.2. The van der Waals surface area contributed by atoms with Gasteiger partial charge in [-0.25, -0.2) is 0 Å². The molecule has 11 aromatic carbocycles. The first-order chi connectivity index (χ1) is 36.0. The summed E-state index contributed by atoms with van der Waals surface area (Å²) in [5.74, 6) is 0. The van der Waals surface area contributed by atoms with Gasteiger partial charge in [-0.1, -0.05) is 159 Å². The highest BCUT2D eigenvalue weighted by molar-refractivity contribution is 5.88. The molecule has 1 aliphatic carbocycles. The maximum Gasteiger partial charge on any atom is 0.0465 e. The summed E-state index contributed by atoms with van der Waals surface area (Å²) in [5.41, 5.74) is 20.7. The Morgan fingerprint density at radius 3 is 0.767 bits per heavy atom. The van der Waals surface area contributed by atoms with Gasteiger partial charge in [-0.15, -0.1) is 0 Å². The lowest BCUT2D eigenvalue weighted by atomic mass is 9.82. The zero-order chi connectivity index (χ0) is 49.1. The number of anilines is 12. The van der Waals surface area contributed by atoms with E-state index in [1.807, 2.05) is 0 Å². The molecule has 0 bridgehead atoms. The number of para-hydroxylation sites is 5. The summed E-state index contributed by atoms with van der Waals surface area (Å²) < 4.78 is 0. The van der Waals surface area contributed by atoms with Crippen LogP contribution in [0.4, 0.5) is 68.2 Å². The highest BCUT2D eigenvalue weighted by Gasteiger charge is 2.36. The van der Waals surface area contributed by atoms with E-state index in [1.54, 1.807) is 0 Å². The van der Waals surface area contributed by atoms with Gasteiger partial charge in [-0.05, 0) is 179 Å². The van der Waals surface area contributed by atoms with Crippen LogP contribution in [0.15, 0.2) is 291 Å². The second kappa shape index (κ2) is 19.4. The van der Waals surface area contributed by atoms with E-state index in [0.29, 0.717) is 0 Å². The Balaban J connectivity index is 0.876. The van der Waals surface area contributed by atoms with Crippen molar-refractivity contribution in [3.05, 3.63) is 302 Å². The van der Waals surface area contributed by atoms with Crippen LogP contribution in [0.1, 0.15) is 25.0 Å². The maximum atomic E-state index is 2.41. The van der Waals surface area contributed by atoms with Crippen LogP contribution < -0.4 is 19.6 Å². The van der Waals surface area contributed by atoms with Gasteiger partial charge in [-0.2, -0.15) is 0 Å². The molecule has 0 aliphatic heterocycles. The molecule has 0 amide bonds. The van der Waals surface area contributed by atoms with E-state index in [-0.39, 0.29) is 5.41 Å². The normalized spacial score (nSPS) is 12.1. The molecule has 0 N–H and O–H groups in total. The molecule has 4 nitrogen and oxygen atoms in total. The number of benzene rings is 11. The van der Waals surface area contributed by atoms with Gasteiger partial charge < -0.3 is 19.6 Å². The van der Waals surface area contributed by atoms with Crippen molar-refractivity contribution in [3.63, 3.8) is 0 Å². The number of fused-ring (bicyclic) bond motifs is 3. The fourth-order valence-corrected chi connectivity index (χ4v) is 10.6. The molecule has 0 atom stereocenters. The molecule has 0 spiro atoms. The van der Waals surface area contributed by atoms with Gasteiger partial charge in [0.15, 0.2) is 0 Å². The lowest BCUT2D eigenvalue weighted by molar-refractivity contribution is 0.660. The third kappa shape index (κ3) is 8.70. The van der Waals surface area contributed by atoms with Crippen molar-refractivity contribution in [3.8, 4) is 22.3 Å². The van der Waals surface area contributed by atoms with Crippen molar-refractivity contribution >= 4 is 68.2 Å². The Morgan fingerprint density at radius 1 is 0.205 bits per heavy atom. The third-order valence-corrected chi connectivity index (χ3v) is 14.2. The minimum atomic E-state index is -0.134. The van der Waals surface area contributed by atoms with Crippen molar-refractivity contribution in [2.24, 2.45) is 0 Å². The molecule has 0 saturated heterocycles. The average Bonchev–Trinajstić information content (AvgIpc) is 3.69. The smallest absolute Gasteiger partial charge is 0.0465 e. The Hall–Kier alpha value is -9.38. The molecule has 11 aromatic rings. The summed E-state index contributed by atoms with van der Waals surface area (Å²) in [5, 5.41) is 0. The molecular weight excluding hydrogens is 885 g/mol. The van der Waals surface area contributed by atoms with E-state index in [2.05, 4.69) is 325 Å². The molecule has 0 radical (unpaired) electrons. The van der Waals surface area contributed by atoms with Gasteiger partial charge >= 0.3 is 0 Å². The monoisotopic (exact) mass is 938 g/mol. The number of hydrogen-bond donors (Lipinski definition) is 0. The molecular formula is C69H54N4. The number of rotatable bonds is 13. The average molecular weight is 939 g/mol. The van der Waals surface area contributed by atoms with Crippen LogP contribution in [0.25, 0.3) is 22.3 Å². The van der Waals surface area contributed by atoms with Crippen molar-refractivity contribution in [1.82, 2.24) is 0 Å². The van der Waals surface area contributed by atoms with Gasteiger partial charge in [0, 0.05) is 73.7 Å². The molecule has 12 rings (SSSR count). The summed E-state index contributed by atoms with van der Waals surface area (Å²) in [6, 6.07) is 105. The van der Waals surface area contributed by atoms with Crippen LogP contribution in [0, 0.1) is 0 Å².